The summed E-state index contributed by atoms with van der Waals surface area (Å²) < 4.78 is 0. The third kappa shape index (κ3) is 1.90. The van der Waals surface area contributed by atoms with E-state index in [1.807, 2.05) is 0 Å². The molecule has 1 aliphatic carbocycles. The van der Waals surface area contributed by atoms with Crippen LogP contribution in [-0.2, 0) is 4.84 Å². The largest absolute Gasteiger partial charge is 0.267 e. The van der Waals surface area contributed by atoms with E-state index in [2.05, 4.69) is 5.48 Å². The lowest BCUT2D eigenvalue weighted by atomic mass is 9.86. The van der Waals surface area contributed by atoms with Crippen LogP contribution in [0.4, 0.5) is 0 Å². The molecule has 0 unspecified atom stereocenters. The third-order valence-corrected chi connectivity index (χ3v) is 1.66. The summed E-state index contributed by atoms with van der Waals surface area (Å²) >= 11 is 0. The molecule has 3 heteroatoms. The second-order valence-electron chi connectivity index (χ2n) is 2.32. The van der Waals surface area contributed by atoms with E-state index < -0.39 is 0 Å². The van der Waals surface area contributed by atoms with E-state index in [0.717, 1.165) is 0 Å². The molecule has 0 spiro atoms. The Morgan fingerprint density at radius 2 is 2.44 bits per heavy atom. The zero-order valence-electron chi connectivity index (χ0n) is 5.26. The quantitative estimate of drug-likeness (QED) is 0.263. The number of hydrogen-bond donors (Lipinski definition) is 1. The maximum Gasteiger partial charge on any atom is 0.202 e. The molecule has 9 heavy (non-hydrogen) atoms. The van der Waals surface area contributed by atoms with Crippen LogP contribution in [0.3, 0.4) is 0 Å². The Labute approximate surface area is 54.6 Å². The van der Waals surface area contributed by atoms with Gasteiger partial charge >= 0.3 is 0 Å². The molecule has 50 valence electrons. The van der Waals surface area contributed by atoms with Crippen LogP contribution < -0.4 is 5.48 Å². The molecule has 0 amide bonds. The highest BCUT2D eigenvalue weighted by Crippen LogP contribution is 2.25. The summed E-state index contributed by atoms with van der Waals surface area (Å²) in [6.07, 6.45) is 5.53. The fourth-order valence-corrected chi connectivity index (χ4v) is 0.851. The number of nitrogens with one attached hydrogen (secondary N) is 1. The highest BCUT2D eigenvalue weighted by atomic mass is 16.6. The number of hydrogen-bond acceptors (Lipinski definition) is 3. The van der Waals surface area contributed by atoms with E-state index in [1.165, 1.54) is 19.3 Å². The summed E-state index contributed by atoms with van der Waals surface area (Å²) in [5, 5.41) is 7.98. The van der Waals surface area contributed by atoms with Crippen LogP contribution in [0.15, 0.2) is 0 Å². The molecule has 0 aliphatic heterocycles. The number of nitriles is 1. The van der Waals surface area contributed by atoms with Gasteiger partial charge in [-0.25, -0.2) is 5.48 Å². The number of nitrogens with zero attached hydrogens (tertiary/aromatic N) is 1. The molecule has 1 saturated carbocycles. The van der Waals surface area contributed by atoms with E-state index in [-0.39, 0.29) is 0 Å². The minimum absolute atomic E-state index is 0.688. The lowest BCUT2D eigenvalue weighted by Gasteiger charge is -2.23. The molecule has 1 rings (SSSR count). The van der Waals surface area contributed by atoms with Gasteiger partial charge in [0.15, 0.2) is 0 Å². The average molecular weight is 126 g/mol. The van der Waals surface area contributed by atoms with Crippen LogP contribution in [0.2, 0.25) is 0 Å². The maximum absolute atomic E-state index is 7.98. The van der Waals surface area contributed by atoms with E-state index in [9.17, 15) is 0 Å². The standard InChI is InChI=1S/C6H10N2O/c7-5-8-9-4-6-2-1-3-6/h6,8H,1-4H2. The number of rotatable bonds is 3. The second kappa shape index (κ2) is 3.31. The highest BCUT2D eigenvalue weighted by molar-refractivity contribution is 4.68. The SMILES string of the molecule is N#CNOCC1CCC1. The molecule has 0 saturated heterocycles. The van der Waals surface area contributed by atoms with E-state index in [4.69, 9.17) is 10.1 Å². The molecular weight excluding hydrogens is 116 g/mol. The zero-order chi connectivity index (χ0) is 6.53. The smallest absolute Gasteiger partial charge is 0.202 e. The van der Waals surface area contributed by atoms with Crippen molar-refractivity contribution in [2.24, 2.45) is 5.92 Å². The van der Waals surface area contributed by atoms with E-state index in [1.54, 1.807) is 6.19 Å². The van der Waals surface area contributed by atoms with E-state index >= 15 is 0 Å². The van der Waals surface area contributed by atoms with Crippen molar-refractivity contribution < 1.29 is 4.84 Å². The van der Waals surface area contributed by atoms with Gasteiger partial charge in [0.1, 0.15) is 0 Å². The van der Waals surface area contributed by atoms with Crippen LogP contribution in [0.5, 0.6) is 0 Å². The monoisotopic (exact) mass is 126 g/mol. The van der Waals surface area contributed by atoms with Crippen molar-refractivity contribution in [2.75, 3.05) is 6.61 Å². The molecule has 0 bridgehead atoms. The van der Waals surface area contributed by atoms with Crippen molar-refractivity contribution in [3.63, 3.8) is 0 Å². The summed E-state index contributed by atoms with van der Waals surface area (Å²) in [6, 6.07) is 0. The van der Waals surface area contributed by atoms with Crippen LogP contribution in [0, 0.1) is 17.4 Å². The molecule has 3 nitrogen and oxygen atoms in total. The first-order valence-corrected chi connectivity index (χ1v) is 3.19. The Balaban J connectivity index is 1.87. The molecule has 0 heterocycles. The Morgan fingerprint density at radius 3 is 2.89 bits per heavy atom. The summed E-state index contributed by atoms with van der Waals surface area (Å²) in [4.78, 5) is 4.78. The summed E-state index contributed by atoms with van der Waals surface area (Å²) in [6.45, 7) is 0.688. The Hall–Kier alpha value is -0.750. The molecular formula is C6H10N2O. The molecule has 0 aromatic rings. The predicted octanol–water partition coefficient (Wildman–Crippen LogP) is 0.789. The Bertz CT molecular complexity index is 115. The van der Waals surface area contributed by atoms with Gasteiger partial charge in [-0.3, -0.25) is 4.84 Å². The molecule has 0 aromatic carbocycles. The minimum Gasteiger partial charge on any atom is -0.267 e. The van der Waals surface area contributed by atoms with Crippen LogP contribution in [0.1, 0.15) is 19.3 Å². The zero-order valence-corrected chi connectivity index (χ0v) is 5.26. The van der Waals surface area contributed by atoms with Gasteiger partial charge in [-0.2, -0.15) is 5.26 Å². The summed E-state index contributed by atoms with van der Waals surface area (Å²) in [5.41, 5.74) is 2.15. The Morgan fingerprint density at radius 1 is 1.67 bits per heavy atom. The first kappa shape index (κ1) is 6.37. The maximum atomic E-state index is 7.98. The molecule has 0 atom stereocenters. The van der Waals surface area contributed by atoms with E-state index in [0.29, 0.717) is 12.5 Å². The van der Waals surface area contributed by atoms with Gasteiger partial charge in [0, 0.05) is 0 Å². The normalized spacial score (nSPS) is 18.1. The lowest BCUT2D eigenvalue weighted by molar-refractivity contribution is 0.0263. The second-order valence-corrected chi connectivity index (χ2v) is 2.32. The molecule has 1 aliphatic rings. The summed E-state index contributed by atoms with van der Waals surface area (Å²) in [5.74, 6) is 0.700. The molecule has 0 aromatic heterocycles. The van der Waals surface area contributed by atoms with Crippen LogP contribution >= 0.6 is 0 Å². The van der Waals surface area contributed by atoms with Crippen molar-refractivity contribution in [1.29, 1.82) is 5.26 Å². The topological polar surface area (TPSA) is 45.0 Å². The van der Waals surface area contributed by atoms with Gasteiger partial charge < -0.3 is 0 Å². The first-order chi connectivity index (χ1) is 4.43. The van der Waals surface area contributed by atoms with Gasteiger partial charge in [-0.15, -0.1) is 0 Å². The van der Waals surface area contributed by atoms with Crippen molar-refractivity contribution in [3.05, 3.63) is 0 Å². The Kier molecular flexibility index (Phi) is 2.34. The van der Waals surface area contributed by atoms with Crippen molar-refractivity contribution in [2.45, 2.75) is 19.3 Å². The van der Waals surface area contributed by atoms with Gasteiger partial charge in [0.25, 0.3) is 0 Å². The van der Waals surface area contributed by atoms with Gasteiger partial charge in [-0.05, 0) is 18.8 Å². The predicted molar refractivity (Wildman–Crippen MR) is 32.0 cm³/mol. The van der Waals surface area contributed by atoms with Gasteiger partial charge in [0.2, 0.25) is 6.19 Å². The fraction of sp³-hybridized carbons (Fsp3) is 0.833. The van der Waals surface area contributed by atoms with Crippen molar-refractivity contribution in [1.82, 2.24) is 5.48 Å². The van der Waals surface area contributed by atoms with Crippen LogP contribution in [0.25, 0.3) is 0 Å². The molecule has 0 radical (unpaired) electrons. The first-order valence-electron chi connectivity index (χ1n) is 3.19. The highest BCUT2D eigenvalue weighted by Gasteiger charge is 2.16. The third-order valence-electron chi connectivity index (χ3n) is 1.66. The minimum atomic E-state index is 0.688. The van der Waals surface area contributed by atoms with Crippen molar-refractivity contribution >= 4 is 0 Å². The fourth-order valence-electron chi connectivity index (χ4n) is 0.851. The number of hydroxylamine groups is 1. The summed E-state index contributed by atoms with van der Waals surface area (Å²) in [7, 11) is 0. The van der Waals surface area contributed by atoms with Gasteiger partial charge in [-0.1, -0.05) is 6.42 Å². The van der Waals surface area contributed by atoms with Gasteiger partial charge in [0.05, 0.1) is 6.61 Å². The van der Waals surface area contributed by atoms with Crippen LogP contribution in [-0.4, -0.2) is 6.61 Å². The van der Waals surface area contributed by atoms with Crippen molar-refractivity contribution in [3.8, 4) is 6.19 Å². The molecule has 1 N–H and O–H groups in total. The molecule has 1 fully saturated rings. The average Bonchev–Trinajstić information content (AvgIpc) is 1.76. The lowest BCUT2D eigenvalue weighted by Crippen LogP contribution is -2.21.